The second-order valence-electron chi connectivity index (χ2n) is 10.9. The molecule has 1 aromatic heterocycles. The quantitative estimate of drug-likeness (QED) is 0.325. The zero-order valence-corrected chi connectivity index (χ0v) is 23.6. The van der Waals surface area contributed by atoms with E-state index in [9.17, 15) is 9.59 Å². The van der Waals surface area contributed by atoms with E-state index in [1.807, 2.05) is 107 Å². The normalized spacial score (nSPS) is 12.4. The van der Waals surface area contributed by atoms with Gasteiger partial charge in [-0.2, -0.15) is 9.78 Å². The van der Waals surface area contributed by atoms with Crippen molar-refractivity contribution in [3.8, 4) is 16.9 Å². The lowest BCUT2D eigenvalue weighted by atomic mass is 10.00. The van der Waals surface area contributed by atoms with Crippen LogP contribution in [0, 0.1) is 6.92 Å². The molecule has 8 heteroatoms. The third-order valence-electron chi connectivity index (χ3n) is 6.24. The summed E-state index contributed by atoms with van der Waals surface area (Å²) in [6.45, 7) is 7.97. The van der Waals surface area contributed by atoms with Gasteiger partial charge in [0.25, 0.3) is 5.91 Å². The summed E-state index contributed by atoms with van der Waals surface area (Å²) in [5.41, 5.74) is 4.10. The van der Waals surface area contributed by atoms with Gasteiger partial charge < -0.3 is 19.7 Å². The summed E-state index contributed by atoms with van der Waals surface area (Å²) in [6, 6.07) is 20.8. The van der Waals surface area contributed by atoms with Crippen LogP contribution in [0.2, 0.25) is 0 Å². The molecular weight excluding hydrogens is 492 g/mol. The second-order valence-corrected chi connectivity index (χ2v) is 10.9. The van der Waals surface area contributed by atoms with Gasteiger partial charge in [-0.1, -0.05) is 30.3 Å². The largest absolute Gasteiger partial charge is 0.497 e. The lowest BCUT2D eigenvalue weighted by molar-refractivity contribution is 0.0522. The molecule has 3 aromatic carbocycles. The smallest absolute Gasteiger partial charge is 0.435 e. The minimum atomic E-state index is -0.623. The number of hydrogen-bond donors (Lipinski definition) is 1. The minimum absolute atomic E-state index is 0.165. The molecular formula is C31H36N4O4. The number of aryl methyl sites for hydroxylation is 1. The summed E-state index contributed by atoms with van der Waals surface area (Å²) in [5.74, 6) is 0.578. The highest BCUT2D eigenvalue weighted by atomic mass is 16.6. The number of ether oxygens (including phenoxy) is 2. The molecule has 39 heavy (non-hydrogen) atoms. The molecule has 0 bridgehead atoms. The molecule has 0 fully saturated rings. The van der Waals surface area contributed by atoms with Crippen molar-refractivity contribution >= 4 is 22.9 Å². The number of nitrogens with zero attached hydrogens (tertiary/aromatic N) is 3. The molecule has 8 nitrogen and oxygen atoms in total. The number of likely N-dealkylation sites (N-methyl/N-ethyl adjacent to an activating group) is 1. The molecule has 0 aliphatic rings. The monoisotopic (exact) mass is 528 g/mol. The van der Waals surface area contributed by atoms with Crippen LogP contribution in [-0.2, 0) is 4.74 Å². The summed E-state index contributed by atoms with van der Waals surface area (Å²) < 4.78 is 12.2. The summed E-state index contributed by atoms with van der Waals surface area (Å²) in [4.78, 5) is 28.1. The van der Waals surface area contributed by atoms with Crippen LogP contribution in [0.3, 0.4) is 0 Å². The van der Waals surface area contributed by atoms with Gasteiger partial charge >= 0.3 is 6.09 Å². The Morgan fingerprint density at radius 1 is 1.00 bits per heavy atom. The van der Waals surface area contributed by atoms with Crippen molar-refractivity contribution < 1.29 is 19.1 Å². The van der Waals surface area contributed by atoms with E-state index in [1.165, 1.54) is 4.68 Å². The Bertz CT molecular complexity index is 1500. The van der Waals surface area contributed by atoms with Gasteiger partial charge in [0, 0.05) is 17.5 Å². The maximum atomic E-state index is 13.4. The Morgan fingerprint density at radius 3 is 2.41 bits per heavy atom. The molecule has 1 atom stereocenters. The van der Waals surface area contributed by atoms with Crippen LogP contribution in [0.1, 0.15) is 48.4 Å². The molecule has 0 saturated carbocycles. The molecule has 4 aromatic rings. The lowest BCUT2D eigenvalue weighted by Gasteiger charge is -2.23. The molecule has 1 N–H and O–H groups in total. The summed E-state index contributed by atoms with van der Waals surface area (Å²) in [6.07, 6.45) is -0.518. The third kappa shape index (κ3) is 6.64. The number of benzene rings is 3. The van der Waals surface area contributed by atoms with E-state index in [0.29, 0.717) is 17.6 Å². The molecule has 0 saturated heterocycles. The Morgan fingerprint density at radius 2 is 1.72 bits per heavy atom. The predicted molar refractivity (Wildman–Crippen MR) is 153 cm³/mol. The zero-order valence-electron chi connectivity index (χ0n) is 23.6. The van der Waals surface area contributed by atoms with Gasteiger partial charge in [0.15, 0.2) is 0 Å². The van der Waals surface area contributed by atoms with E-state index >= 15 is 0 Å². The number of carbonyl (C=O) groups is 2. The van der Waals surface area contributed by atoms with Crippen molar-refractivity contribution in [2.75, 3.05) is 27.7 Å². The minimum Gasteiger partial charge on any atom is -0.497 e. The number of aromatic nitrogens is 2. The summed E-state index contributed by atoms with van der Waals surface area (Å²) in [7, 11) is 5.58. The number of nitrogens with one attached hydrogen (secondary N) is 1. The number of rotatable bonds is 7. The van der Waals surface area contributed by atoms with E-state index in [2.05, 4.69) is 10.4 Å². The Kier molecular flexibility index (Phi) is 8.06. The van der Waals surface area contributed by atoms with Gasteiger partial charge in [-0.05, 0) is 94.9 Å². The molecule has 4 rings (SSSR count). The van der Waals surface area contributed by atoms with E-state index in [0.717, 1.165) is 33.5 Å². The van der Waals surface area contributed by atoms with Crippen LogP contribution >= 0.6 is 0 Å². The average molecular weight is 529 g/mol. The second kappa shape index (κ2) is 11.3. The van der Waals surface area contributed by atoms with E-state index in [-0.39, 0.29) is 11.9 Å². The Balaban J connectivity index is 1.61. The standard InChI is InChI=1S/C31H36N4O4/c1-20-26-18-22(14-15-28(26)35(33-20)30(37)39-31(2,3)4)21-10-8-12-24(16-21)29(36)32-27(19-34(5)6)23-11-9-13-25(17-23)38-7/h8-18,27H,19H2,1-7H3,(H,32,36). The topological polar surface area (TPSA) is 85.7 Å². The van der Waals surface area contributed by atoms with E-state index in [1.54, 1.807) is 13.2 Å². The summed E-state index contributed by atoms with van der Waals surface area (Å²) >= 11 is 0. The fourth-order valence-corrected chi connectivity index (χ4v) is 4.43. The molecule has 0 aliphatic heterocycles. The van der Waals surface area contributed by atoms with Crippen molar-refractivity contribution in [3.63, 3.8) is 0 Å². The molecule has 1 heterocycles. The molecule has 0 aliphatic carbocycles. The fourth-order valence-electron chi connectivity index (χ4n) is 4.43. The Hall–Kier alpha value is -4.17. The number of fused-ring (bicyclic) bond motifs is 1. The molecule has 0 spiro atoms. The van der Waals surface area contributed by atoms with Crippen LogP contribution in [-0.4, -0.2) is 60.0 Å². The number of amides is 1. The number of carbonyl (C=O) groups excluding carboxylic acids is 2. The fraction of sp³-hybridized carbons (Fsp3) is 0.323. The highest BCUT2D eigenvalue weighted by molar-refractivity contribution is 5.97. The molecule has 0 radical (unpaired) electrons. The van der Waals surface area contributed by atoms with Gasteiger partial charge in [-0.15, -0.1) is 0 Å². The molecule has 1 amide bonds. The van der Waals surface area contributed by atoms with Crippen LogP contribution in [0.5, 0.6) is 5.75 Å². The van der Waals surface area contributed by atoms with Crippen LogP contribution in [0.15, 0.2) is 66.7 Å². The van der Waals surface area contributed by atoms with Crippen molar-refractivity contribution in [1.82, 2.24) is 20.0 Å². The Labute approximate surface area is 229 Å². The van der Waals surface area contributed by atoms with Crippen molar-refractivity contribution in [2.24, 2.45) is 0 Å². The van der Waals surface area contributed by atoms with Crippen LogP contribution < -0.4 is 10.1 Å². The first kappa shape index (κ1) is 27.9. The van der Waals surface area contributed by atoms with E-state index < -0.39 is 11.7 Å². The van der Waals surface area contributed by atoms with Crippen molar-refractivity contribution in [1.29, 1.82) is 0 Å². The molecule has 1 unspecified atom stereocenters. The number of methoxy groups -OCH3 is 1. The summed E-state index contributed by atoms with van der Waals surface area (Å²) in [5, 5.41) is 8.44. The molecule has 204 valence electrons. The van der Waals surface area contributed by atoms with Gasteiger partial charge in [0.2, 0.25) is 0 Å². The maximum absolute atomic E-state index is 13.4. The maximum Gasteiger partial charge on any atom is 0.435 e. The third-order valence-corrected chi connectivity index (χ3v) is 6.24. The van der Waals surface area contributed by atoms with Crippen LogP contribution in [0.4, 0.5) is 4.79 Å². The van der Waals surface area contributed by atoms with E-state index in [4.69, 9.17) is 9.47 Å². The SMILES string of the molecule is COc1cccc(C(CN(C)C)NC(=O)c2cccc(-c3ccc4c(c3)c(C)nn4C(=O)OC(C)(C)C)c2)c1. The number of hydrogen-bond acceptors (Lipinski definition) is 6. The average Bonchev–Trinajstić information content (AvgIpc) is 3.23. The zero-order chi connectivity index (χ0) is 28.3. The van der Waals surface area contributed by atoms with Gasteiger partial charge in [-0.3, -0.25) is 4.79 Å². The predicted octanol–water partition coefficient (Wildman–Crippen LogP) is 5.84. The highest BCUT2D eigenvalue weighted by Crippen LogP contribution is 2.28. The first-order valence-corrected chi connectivity index (χ1v) is 12.9. The first-order valence-electron chi connectivity index (χ1n) is 12.9. The highest BCUT2D eigenvalue weighted by Gasteiger charge is 2.22. The van der Waals surface area contributed by atoms with Crippen molar-refractivity contribution in [2.45, 2.75) is 39.3 Å². The first-order chi connectivity index (χ1) is 18.4. The van der Waals surface area contributed by atoms with Crippen LogP contribution in [0.25, 0.3) is 22.0 Å². The van der Waals surface area contributed by atoms with Gasteiger partial charge in [0.1, 0.15) is 11.4 Å². The lowest BCUT2D eigenvalue weighted by Crippen LogP contribution is -2.35. The van der Waals surface area contributed by atoms with Gasteiger partial charge in [0.05, 0.1) is 24.4 Å². The van der Waals surface area contributed by atoms with Gasteiger partial charge in [-0.25, -0.2) is 4.79 Å². The van der Waals surface area contributed by atoms with Crippen molar-refractivity contribution in [3.05, 3.63) is 83.6 Å².